The number of nitrogens with one attached hydrogen (secondary N) is 1. The van der Waals surface area contributed by atoms with Crippen molar-refractivity contribution in [2.45, 2.75) is 0 Å². The monoisotopic (exact) mass is 265 g/mol. The Morgan fingerprint density at radius 2 is 2.28 bits per heavy atom. The van der Waals surface area contributed by atoms with Crippen LogP contribution in [0, 0.1) is 0 Å². The van der Waals surface area contributed by atoms with E-state index in [0.717, 1.165) is 16.0 Å². The van der Waals surface area contributed by atoms with E-state index in [1.165, 1.54) is 11.3 Å². The molecule has 2 aromatic rings. The highest BCUT2D eigenvalue weighted by Crippen LogP contribution is 2.28. The Labute approximate surface area is 109 Å². The Kier molecular flexibility index (Phi) is 3.78. The highest BCUT2D eigenvalue weighted by Gasteiger charge is 2.09. The van der Waals surface area contributed by atoms with Gasteiger partial charge in [-0.15, -0.1) is 0 Å². The van der Waals surface area contributed by atoms with Crippen LogP contribution in [0.5, 0.6) is 5.75 Å². The number of carbonyl (C=O) groups is 1. The van der Waals surface area contributed by atoms with Gasteiger partial charge in [0, 0.05) is 6.07 Å². The van der Waals surface area contributed by atoms with Crippen molar-refractivity contribution in [3.63, 3.8) is 0 Å². The van der Waals surface area contributed by atoms with E-state index in [2.05, 4.69) is 10.3 Å². The SMILES string of the molecule is COc1ccc2sc(NC(=O)CN(C)C)nc2c1. The van der Waals surface area contributed by atoms with Gasteiger partial charge in [0.15, 0.2) is 5.13 Å². The van der Waals surface area contributed by atoms with Crippen molar-refractivity contribution >= 4 is 32.6 Å². The lowest BCUT2D eigenvalue weighted by Gasteiger charge is -2.07. The molecular weight excluding hydrogens is 250 g/mol. The van der Waals surface area contributed by atoms with Gasteiger partial charge >= 0.3 is 0 Å². The Morgan fingerprint density at radius 1 is 1.50 bits per heavy atom. The van der Waals surface area contributed by atoms with E-state index in [-0.39, 0.29) is 5.91 Å². The van der Waals surface area contributed by atoms with E-state index < -0.39 is 0 Å². The summed E-state index contributed by atoms with van der Waals surface area (Å²) in [5, 5.41) is 3.40. The van der Waals surface area contributed by atoms with Crippen LogP contribution in [0.4, 0.5) is 5.13 Å². The zero-order chi connectivity index (χ0) is 13.1. The van der Waals surface area contributed by atoms with E-state index in [0.29, 0.717) is 11.7 Å². The van der Waals surface area contributed by atoms with Gasteiger partial charge in [-0.25, -0.2) is 4.98 Å². The van der Waals surface area contributed by atoms with Crippen LogP contribution in [-0.4, -0.2) is 43.5 Å². The molecule has 0 radical (unpaired) electrons. The minimum absolute atomic E-state index is 0.0639. The molecule has 0 fully saturated rings. The summed E-state index contributed by atoms with van der Waals surface area (Å²) < 4.78 is 6.16. The molecule has 0 saturated heterocycles. The number of aromatic nitrogens is 1. The summed E-state index contributed by atoms with van der Waals surface area (Å²) in [6.07, 6.45) is 0. The van der Waals surface area contributed by atoms with Crippen molar-refractivity contribution < 1.29 is 9.53 Å². The molecule has 1 heterocycles. The molecule has 6 heteroatoms. The number of hydrogen-bond acceptors (Lipinski definition) is 5. The normalized spacial score (nSPS) is 10.9. The van der Waals surface area contributed by atoms with E-state index >= 15 is 0 Å². The second-order valence-electron chi connectivity index (χ2n) is 4.14. The Morgan fingerprint density at radius 3 is 2.94 bits per heavy atom. The smallest absolute Gasteiger partial charge is 0.240 e. The summed E-state index contributed by atoms with van der Waals surface area (Å²) in [5.41, 5.74) is 0.833. The molecular formula is C12H15N3O2S. The van der Waals surface area contributed by atoms with Crippen molar-refractivity contribution in [1.82, 2.24) is 9.88 Å². The Bertz CT molecular complexity index is 565. The van der Waals surface area contributed by atoms with Crippen LogP contribution >= 0.6 is 11.3 Å². The quantitative estimate of drug-likeness (QED) is 0.916. The number of rotatable bonds is 4. The fourth-order valence-electron chi connectivity index (χ4n) is 1.53. The van der Waals surface area contributed by atoms with Crippen LogP contribution in [0.1, 0.15) is 0 Å². The number of fused-ring (bicyclic) bond motifs is 1. The fraction of sp³-hybridized carbons (Fsp3) is 0.333. The molecule has 5 nitrogen and oxygen atoms in total. The number of ether oxygens (including phenoxy) is 1. The van der Waals surface area contributed by atoms with E-state index in [1.807, 2.05) is 37.2 Å². The molecule has 0 aliphatic rings. The number of amides is 1. The Hall–Kier alpha value is -1.66. The molecule has 0 bridgehead atoms. The molecule has 1 aromatic carbocycles. The first-order chi connectivity index (χ1) is 8.58. The van der Waals surface area contributed by atoms with E-state index in [1.54, 1.807) is 7.11 Å². The van der Waals surface area contributed by atoms with Gasteiger partial charge in [0.05, 0.1) is 23.9 Å². The molecule has 0 atom stereocenters. The van der Waals surface area contributed by atoms with Crippen molar-refractivity contribution in [1.29, 1.82) is 0 Å². The average Bonchev–Trinajstić information content (AvgIpc) is 2.68. The lowest BCUT2D eigenvalue weighted by molar-refractivity contribution is -0.116. The largest absolute Gasteiger partial charge is 0.497 e. The first kappa shape index (κ1) is 12.8. The maximum Gasteiger partial charge on any atom is 0.240 e. The molecule has 0 spiro atoms. The number of nitrogens with zero attached hydrogens (tertiary/aromatic N) is 2. The predicted octanol–water partition coefficient (Wildman–Crippen LogP) is 1.80. The van der Waals surface area contributed by atoms with Gasteiger partial charge in [-0.3, -0.25) is 4.79 Å². The summed E-state index contributed by atoms with van der Waals surface area (Å²) in [4.78, 5) is 17.8. The molecule has 0 unspecified atom stereocenters. The number of thiazole rings is 1. The maximum atomic E-state index is 11.6. The second-order valence-corrected chi connectivity index (χ2v) is 5.17. The number of benzene rings is 1. The lowest BCUT2D eigenvalue weighted by atomic mass is 10.3. The van der Waals surface area contributed by atoms with Gasteiger partial charge in [0.1, 0.15) is 5.75 Å². The maximum absolute atomic E-state index is 11.6. The number of carbonyl (C=O) groups excluding carboxylic acids is 1. The third-order valence-corrected chi connectivity index (χ3v) is 3.25. The minimum Gasteiger partial charge on any atom is -0.497 e. The highest BCUT2D eigenvalue weighted by molar-refractivity contribution is 7.22. The number of likely N-dealkylation sites (N-methyl/N-ethyl adjacent to an activating group) is 1. The summed E-state index contributed by atoms with van der Waals surface area (Å²) in [6, 6.07) is 5.67. The molecule has 2 rings (SSSR count). The molecule has 0 aliphatic heterocycles. The minimum atomic E-state index is -0.0639. The highest BCUT2D eigenvalue weighted by atomic mass is 32.1. The third-order valence-electron chi connectivity index (χ3n) is 2.30. The second kappa shape index (κ2) is 5.32. The summed E-state index contributed by atoms with van der Waals surface area (Å²) in [7, 11) is 5.32. The topological polar surface area (TPSA) is 54.5 Å². The van der Waals surface area contributed by atoms with E-state index in [9.17, 15) is 4.79 Å². The van der Waals surface area contributed by atoms with Crippen molar-refractivity contribution in [2.24, 2.45) is 0 Å². The van der Waals surface area contributed by atoms with E-state index in [4.69, 9.17) is 4.74 Å². The molecule has 96 valence electrons. The van der Waals surface area contributed by atoms with Gasteiger partial charge in [-0.1, -0.05) is 11.3 Å². The lowest BCUT2D eigenvalue weighted by Crippen LogP contribution is -2.26. The van der Waals surface area contributed by atoms with Crippen molar-refractivity contribution in [3.05, 3.63) is 18.2 Å². The van der Waals surface area contributed by atoms with Crippen LogP contribution in [0.25, 0.3) is 10.2 Å². The zero-order valence-electron chi connectivity index (χ0n) is 10.6. The number of methoxy groups -OCH3 is 1. The average molecular weight is 265 g/mol. The molecule has 1 amide bonds. The van der Waals surface area contributed by atoms with Gasteiger partial charge < -0.3 is 15.0 Å². The van der Waals surface area contributed by atoms with Crippen LogP contribution < -0.4 is 10.1 Å². The van der Waals surface area contributed by atoms with Crippen LogP contribution in [-0.2, 0) is 4.79 Å². The molecule has 18 heavy (non-hydrogen) atoms. The van der Waals surface area contributed by atoms with Crippen molar-refractivity contribution in [3.8, 4) is 5.75 Å². The zero-order valence-corrected chi connectivity index (χ0v) is 11.4. The van der Waals surface area contributed by atoms with Crippen molar-refractivity contribution in [2.75, 3.05) is 33.1 Å². The first-order valence-electron chi connectivity index (χ1n) is 5.47. The summed E-state index contributed by atoms with van der Waals surface area (Å²) in [6.45, 7) is 0.346. The number of anilines is 1. The molecule has 0 aliphatic carbocycles. The number of hydrogen-bond donors (Lipinski definition) is 1. The molecule has 1 N–H and O–H groups in total. The first-order valence-corrected chi connectivity index (χ1v) is 6.29. The summed E-state index contributed by atoms with van der Waals surface area (Å²) >= 11 is 1.45. The van der Waals surface area contributed by atoms with Crippen LogP contribution in [0.15, 0.2) is 18.2 Å². The summed E-state index contributed by atoms with van der Waals surface area (Å²) in [5.74, 6) is 0.699. The predicted molar refractivity (Wildman–Crippen MR) is 73.4 cm³/mol. The van der Waals surface area contributed by atoms with Crippen LogP contribution in [0.3, 0.4) is 0 Å². The molecule has 0 saturated carbocycles. The third kappa shape index (κ3) is 2.96. The standard InChI is InChI=1S/C12H15N3O2S/c1-15(2)7-11(16)14-12-13-9-6-8(17-3)4-5-10(9)18-12/h4-6H,7H2,1-3H3,(H,13,14,16). The fourth-order valence-corrected chi connectivity index (χ4v) is 2.40. The van der Waals surface area contributed by atoms with Gasteiger partial charge in [0.2, 0.25) is 5.91 Å². The van der Waals surface area contributed by atoms with Gasteiger partial charge in [0.25, 0.3) is 0 Å². The van der Waals surface area contributed by atoms with Gasteiger partial charge in [-0.05, 0) is 26.2 Å². The molecule has 1 aromatic heterocycles. The van der Waals surface area contributed by atoms with Crippen LogP contribution in [0.2, 0.25) is 0 Å². The Balaban J connectivity index is 2.17. The van der Waals surface area contributed by atoms with Gasteiger partial charge in [-0.2, -0.15) is 0 Å².